The van der Waals surface area contributed by atoms with Gasteiger partial charge >= 0.3 is 5.97 Å². The molecule has 1 aliphatic carbocycles. The van der Waals surface area contributed by atoms with Gasteiger partial charge in [0.25, 0.3) is 11.8 Å². The fourth-order valence-corrected chi connectivity index (χ4v) is 5.63. The van der Waals surface area contributed by atoms with Crippen molar-refractivity contribution in [1.82, 2.24) is 0 Å². The van der Waals surface area contributed by atoms with Gasteiger partial charge in [0.1, 0.15) is 10.8 Å². The first-order valence-electron chi connectivity index (χ1n) is 12.3. The van der Waals surface area contributed by atoms with E-state index in [4.69, 9.17) is 15.2 Å². The number of fused-ring (bicyclic) bond motifs is 1. The average molecular weight is 536 g/mol. The quantitative estimate of drug-likeness (QED) is 0.334. The molecule has 1 heterocycles. The molecule has 38 heavy (non-hydrogen) atoms. The zero-order valence-electron chi connectivity index (χ0n) is 21.0. The van der Waals surface area contributed by atoms with E-state index in [9.17, 15) is 19.2 Å². The number of amides is 3. The highest BCUT2D eigenvalue weighted by molar-refractivity contribution is 7.17. The SMILES string of the molecule is COc1ccc(CCC(=O)Nc2ccccc2C(=O)OCC(=O)Nc2sc3c(c2C(N)=O)CCCC3)cc1. The summed E-state index contributed by atoms with van der Waals surface area (Å²) < 4.78 is 10.4. The molecule has 3 aromatic rings. The highest BCUT2D eigenvalue weighted by atomic mass is 32.1. The van der Waals surface area contributed by atoms with Crippen molar-refractivity contribution in [1.29, 1.82) is 0 Å². The third-order valence-corrected chi connectivity index (χ3v) is 7.43. The summed E-state index contributed by atoms with van der Waals surface area (Å²) in [5.41, 5.74) is 8.21. The number of nitrogens with two attached hydrogens (primary N) is 1. The number of primary amides is 1. The van der Waals surface area contributed by atoms with Crippen LogP contribution in [0.2, 0.25) is 0 Å². The Morgan fingerprint density at radius 3 is 2.42 bits per heavy atom. The Morgan fingerprint density at radius 1 is 0.947 bits per heavy atom. The van der Waals surface area contributed by atoms with Crippen molar-refractivity contribution >= 4 is 45.7 Å². The number of carbonyl (C=O) groups is 4. The molecular weight excluding hydrogens is 506 g/mol. The standard InChI is InChI=1S/C28H29N3O6S/c1-36-18-13-10-17(11-14-18)12-15-23(32)30-21-8-4-2-6-19(21)28(35)37-16-24(33)31-27-25(26(29)34)20-7-3-5-9-22(20)38-27/h2,4,6,8,10-11,13-14H,3,5,7,9,12,15-16H2,1H3,(H2,29,34)(H,30,32)(H,31,33). The summed E-state index contributed by atoms with van der Waals surface area (Å²) in [6, 6.07) is 13.9. The molecule has 1 aliphatic rings. The molecule has 0 unspecified atom stereocenters. The number of methoxy groups -OCH3 is 1. The lowest BCUT2D eigenvalue weighted by Gasteiger charge is -2.12. The maximum absolute atomic E-state index is 12.7. The monoisotopic (exact) mass is 535 g/mol. The van der Waals surface area contributed by atoms with Crippen LogP contribution >= 0.6 is 11.3 Å². The van der Waals surface area contributed by atoms with E-state index in [2.05, 4.69) is 10.6 Å². The number of benzene rings is 2. The van der Waals surface area contributed by atoms with Gasteiger partial charge in [0.2, 0.25) is 5.91 Å². The van der Waals surface area contributed by atoms with E-state index in [1.54, 1.807) is 25.3 Å². The van der Waals surface area contributed by atoms with Crippen molar-refractivity contribution in [3.8, 4) is 5.75 Å². The molecule has 198 valence electrons. The number of nitrogens with one attached hydrogen (secondary N) is 2. The van der Waals surface area contributed by atoms with Crippen LogP contribution in [0.5, 0.6) is 5.75 Å². The number of hydrogen-bond acceptors (Lipinski definition) is 7. The number of hydrogen-bond donors (Lipinski definition) is 3. The summed E-state index contributed by atoms with van der Waals surface area (Å²) in [5, 5.41) is 5.80. The van der Waals surface area contributed by atoms with Crippen LogP contribution in [0.4, 0.5) is 10.7 Å². The summed E-state index contributed by atoms with van der Waals surface area (Å²) in [4.78, 5) is 50.9. The second kappa shape index (κ2) is 12.4. The number of carbonyl (C=O) groups excluding carboxylic acids is 4. The highest BCUT2D eigenvalue weighted by Gasteiger charge is 2.25. The van der Waals surface area contributed by atoms with Crippen molar-refractivity contribution < 1.29 is 28.7 Å². The van der Waals surface area contributed by atoms with Gasteiger partial charge in [0, 0.05) is 11.3 Å². The Labute approximate surface area is 224 Å². The molecule has 2 aromatic carbocycles. The summed E-state index contributed by atoms with van der Waals surface area (Å²) in [7, 11) is 1.59. The minimum absolute atomic E-state index is 0.127. The number of rotatable bonds is 10. The van der Waals surface area contributed by atoms with Crippen molar-refractivity contribution in [2.45, 2.75) is 38.5 Å². The zero-order chi connectivity index (χ0) is 27.1. The molecule has 0 saturated heterocycles. The molecule has 1 aromatic heterocycles. The number of para-hydroxylation sites is 1. The first-order chi connectivity index (χ1) is 18.4. The van der Waals surface area contributed by atoms with E-state index in [0.29, 0.717) is 22.7 Å². The molecule has 0 bridgehead atoms. The van der Waals surface area contributed by atoms with E-state index in [1.807, 2.05) is 24.3 Å². The van der Waals surface area contributed by atoms with E-state index < -0.39 is 24.4 Å². The Hall–Kier alpha value is -4.18. The maximum atomic E-state index is 12.7. The van der Waals surface area contributed by atoms with Crippen molar-refractivity contribution in [3.05, 3.63) is 75.7 Å². The molecular formula is C28H29N3O6S. The van der Waals surface area contributed by atoms with Gasteiger partial charge < -0.3 is 25.8 Å². The predicted molar refractivity (Wildman–Crippen MR) is 145 cm³/mol. The fourth-order valence-electron chi connectivity index (χ4n) is 4.32. The van der Waals surface area contributed by atoms with Gasteiger partial charge in [-0.15, -0.1) is 11.3 Å². The van der Waals surface area contributed by atoms with Gasteiger partial charge in [0.05, 0.1) is 23.9 Å². The minimum Gasteiger partial charge on any atom is -0.497 e. The summed E-state index contributed by atoms with van der Waals surface area (Å²) in [6.07, 6.45) is 4.30. The van der Waals surface area contributed by atoms with Gasteiger partial charge in [-0.2, -0.15) is 0 Å². The van der Waals surface area contributed by atoms with Crippen molar-refractivity contribution in [2.75, 3.05) is 24.4 Å². The number of aryl methyl sites for hydroxylation is 2. The number of ether oxygens (including phenoxy) is 2. The van der Waals surface area contributed by atoms with E-state index in [1.165, 1.54) is 17.4 Å². The van der Waals surface area contributed by atoms with Crippen LogP contribution in [0, 0.1) is 0 Å². The smallest absolute Gasteiger partial charge is 0.340 e. The van der Waals surface area contributed by atoms with Gasteiger partial charge in [0.15, 0.2) is 6.61 Å². The van der Waals surface area contributed by atoms with Gasteiger partial charge in [-0.25, -0.2) is 4.79 Å². The Balaban J connectivity index is 1.33. The van der Waals surface area contributed by atoms with Crippen LogP contribution in [0.25, 0.3) is 0 Å². The summed E-state index contributed by atoms with van der Waals surface area (Å²) in [6.45, 7) is -0.556. The number of anilines is 2. The van der Waals surface area contributed by atoms with Crippen LogP contribution in [-0.4, -0.2) is 37.4 Å². The Morgan fingerprint density at radius 2 is 1.68 bits per heavy atom. The Kier molecular flexibility index (Phi) is 8.75. The van der Waals surface area contributed by atoms with Crippen LogP contribution < -0.4 is 21.1 Å². The molecule has 0 radical (unpaired) electrons. The minimum atomic E-state index is -0.758. The van der Waals surface area contributed by atoms with Crippen LogP contribution in [-0.2, 0) is 33.6 Å². The number of thiophene rings is 1. The Bertz CT molecular complexity index is 1350. The second-order valence-electron chi connectivity index (χ2n) is 8.85. The molecule has 4 rings (SSSR count). The zero-order valence-corrected chi connectivity index (χ0v) is 21.8. The highest BCUT2D eigenvalue weighted by Crippen LogP contribution is 2.37. The molecule has 4 N–H and O–H groups in total. The van der Waals surface area contributed by atoms with Crippen LogP contribution in [0.3, 0.4) is 0 Å². The lowest BCUT2D eigenvalue weighted by Crippen LogP contribution is -2.23. The topological polar surface area (TPSA) is 137 Å². The molecule has 3 amide bonds. The van der Waals surface area contributed by atoms with Crippen molar-refractivity contribution in [2.24, 2.45) is 5.73 Å². The second-order valence-corrected chi connectivity index (χ2v) is 9.95. The normalized spacial score (nSPS) is 12.2. The lowest BCUT2D eigenvalue weighted by atomic mass is 9.95. The molecule has 0 fully saturated rings. The lowest BCUT2D eigenvalue weighted by molar-refractivity contribution is -0.119. The largest absolute Gasteiger partial charge is 0.497 e. The molecule has 10 heteroatoms. The van der Waals surface area contributed by atoms with Gasteiger partial charge in [-0.3, -0.25) is 14.4 Å². The fraction of sp³-hybridized carbons (Fsp3) is 0.286. The summed E-state index contributed by atoms with van der Waals surface area (Å²) >= 11 is 1.34. The maximum Gasteiger partial charge on any atom is 0.340 e. The number of esters is 1. The third-order valence-electron chi connectivity index (χ3n) is 6.23. The van der Waals surface area contributed by atoms with Crippen LogP contribution in [0.1, 0.15) is 56.0 Å². The molecule has 9 nitrogen and oxygen atoms in total. The predicted octanol–water partition coefficient (Wildman–Crippen LogP) is 4.10. The molecule has 0 spiro atoms. The third kappa shape index (κ3) is 6.57. The van der Waals surface area contributed by atoms with E-state index in [0.717, 1.165) is 47.4 Å². The molecule has 0 atom stereocenters. The first-order valence-corrected chi connectivity index (χ1v) is 13.1. The van der Waals surface area contributed by atoms with Gasteiger partial charge in [-0.05, 0) is 67.5 Å². The molecule has 0 saturated carbocycles. The van der Waals surface area contributed by atoms with Crippen molar-refractivity contribution in [3.63, 3.8) is 0 Å². The average Bonchev–Trinajstić information content (AvgIpc) is 3.29. The molecule has 0 aliphatic heterocycles. The van der Waals surface area contributed by atoms with E-state index >= 15 is 0 Å². The summed E-state index contributed by atoms with van der Waals surface area (Å²) in [5.74, 6) is -1.46. The van der Waals surface area contributed by atoms with E-state index in [-0.39, 0.29) is 17.9 Å². The van der Waals surface area contributed by atoms with Gasteiger partial charge in [-0.1, -0.05) is 24.3 Å². The van der Waals surface area contributed by atoms with Crippen LogP contribution in [0.15, 0.2) is 48.5 Å². The first kappa shape index (κ1) is 26.9.